The van der Waals surface area contributed by atoms with Crippen molar-refractivity contribution in [2.45, 2.75) is 6.54 Å². The first-order valence-corrected chi connectivity index (χ1v) is 9.89. The maximum atomic E-state index is 13.1. The maximum Gasteiger partial charge on any atom is 0.261 e. The van der Waals surface area contributed by atoms with E-state index in [2.05, 4.69) is 15.6 Å². The zero-order chi connectivity index (χ0) is 22.7. The number of carbonyl (C=O) groups excluding carboxylic acids is 2. The molecule has 0 atom stereocenters. The molecule has 0 aliphatic heterocycles. The summed E-state index contributed by atoms with van der Waals surface area (Å²) in [5.74, 6) is -1.41. The molecule has 9 heteroatoms. The maximum absolute atomic E-state index is 13.1. The van der Waals surface area contributed by atoms with Gasteiger partial charge in [-0.25, -0.2) is 9.37 Å². The third-order valence-electron chi connectivity index (χ3n) is 4.65. The van der Waals surface area contributed by atoms with Gasteiger partial charge in [0.25, 0.3) is 11.5 Å². The van der Waals surface area contributed by atoms with Crippen molar-refractivity contribution >= 4 is 45.7 Å². The van der Waals surface area contributed by atoms with E-state index in [9.17, 15) is 18.8 Å². The lowest BCUT2D eigenvalue weighted by molar-refractivity contribution is -0.116. The fourth-order valence-corrected chi connectivity index (χ4v) is 3.28. The molecule has 0 radical (unpaired) electrons. The monoisotopic (exact) mass is 450 g/mol. The first-order chi connectivity index (χ1) is 15.4. The summed E-state index contributed by atoms with van der Waals surface area (Å²) in [5.41, 5.74) is 0.937. The van der Waals surface area contributed by atoms with E-state index in [1.54, 1.807) is 42.5 Å². The number of nitrogens with zero attached hydrogens (tertiary/aromatic N) is 2. The minimum atomic E-state index is -0.510. The van der Waals surface area contributed by atoms with Gasteiger partial charge in [-0.05, 0) is 54.6 Å². The average Bonchev–Trinajstić information content (AvgIpc) is 2.77. The van der Waals surface area contributed by atoms with Crippen molar-refractivity contribution in [1.82, 2.24) is 9.55 Å². The minimum absolute atomic E-state index is 0.212. The summed E-state index contributed by atoms with van der Waals surface area (Å²) in [6.07, 6.45) is 1.27. The van der Waals surface area contributed by atoms with Crippen LogP contribution in [0.5, 0.6) is 0 Å². The Balaban J connectivity index is 1.52. The van der Waals surface area contributed by atoms with Crippen LogP contribution >= 0.6 is 11.6 Å². The Morgan fingerprint density at radius 1 is 1.00 bits per heavy atom. The topological polar surface area (TPSA) is 93.1 Å². The van der Waals surface area contributed by atoms with Gasteiger partial charge in [-0.1, -0.05) is 23.7 Å². The Bertz CT molecular complexity index is 1390. The number of nitrogens with one attached hydrogen (secondary N) is 2. The predicted octanol–water partition coefficient (Wildman–Crippen LogP) is 4.08. The van der Waals surface area contributed by atoms with Crippen molar-refractivity contribution in [3.05, 3.63) is 99.8 Å². The number of rotatable bonds is 5. The van der Waals surface area contributed by atoms with Gasteiger partial charge >= 0.3 is 0 Å². The fraction of sp³-hybridized carbons (Fsp3) is 0.0435. The van der Waals surface area contributed by atoms with Crippen molar-refractivity contribution in [2.75, 3.05) is 10.6 Å². The molecule has 0 saturated carbocycles. The highest BCUT2D eigenvalue weighted by Gasteiger charge is 2.15. The van der Waals surface area contributed by atoms with Gasteiger partial charge < -0.3 is 10.6 Å². The molecule has 0 aliphatic rings. The Morgan fingerprint density at radius 2 is 1.75 bits per heavy atom. The van der Waals surface area contributed by atoms with Crippen LogP contribution in [0.15, 0.2) is 77.9 Å². The second kappa shape index (κ2) is 8.99. The molecule has 2 amide bonds. The number of anilines is 2. The van der Waals surface area contributed by atoms with Crippen LogP contribution in [0.3, 0.4) is 0 Å². The standard InChI is InChI=1S/C23H16ClFN4O3/c24-14-5-10-18-20(11-14)26-13-29(23(18)32)12-21(30)28-19-4-2-1-3-17(19)22(31)27-16-8-6-15(25)7-9-16/h1-11,13H,12H2,(H,27,31)(H,28,30). The van der Waals surface area contributed by atoms with E-state index in [4.69, 9.17) is 11.6 Å². The highest BCUT2D eigenvalue weighted by molar-refractivity contribution is 6.31. The first-order valence-electron chi connectivity index (χ1n) is 9.51. The minimum Gasteiger partial charge on any atom is -0.324 e. The largest absolute Gasteiger partial charge is 0.324 e. The number of halogens is 2. The summed E-state index contributed by atoms with van der Waals surface area (Å²) >= 11 is 5.92. The van der Waals surface area contributed by atoms with Gasteiger partial charge in [0.15, 0.2) is 0 Å². The summed E-state index contributed by atoms with van der Waals surface area (Å²) in [4.78, 5) is 42.1. The molecule has 0 aliphatic carbocycles. The molecular weight excluding hydrogens is 435 g/mol. The van der Waals surface area contributed by atoms with Crippen molar-refractivity contribution in [2.24, 2.45) is 0 Å². The lowest BCUT2D eigenvalue weighted by atomic mass is 10.1. The highest BCUT2D eigenvalue weighted by atomic mass is 35.5. The number of fused-ring (bicyclic) bond motifs is 1. The molecule has 1 heterocycles. The summed E-state index contributed by atoms with van der Waals surface area (Å²) < 4.78 is 14.2. The zero-order valence-corrected chi connectivity index (χ0v) is 17.3. The van der Waals surface area contributed by atoms with Crippen molar-refractivity contribution < 1.29 is 14.0 Å². The second-order valence-corrected chi connectivity index (χ2v) is 7.33. The average molecular weight is 451 g/mol. The lowest BCUT2D eigenvalue weighted by Crippen LogP contribution is -2.28. The molecule has 0 saturated heterocycles. The number of hydrogen-bond donors (Lipinski definition) is 2. The number of carbonyl (C=O) groups is 2. The molecule has 1 aromatic heterocycles. The molecule has 0 fully saturated rings. The van der Waals surface area contributed by atoms with Crippen LogP contribution < -0.4 is 16.2 Å². The van der Waals surface area contributed by atoms with E-state index in [-0.39, 0.29) is 23.4 Å². The summed E-state index contributed by atoms with van der Waals surface area (Å²) in [6.45, 7) is -0.293. The van der Waals surface area contributed by atoms with E-state index in [1.807, 2.05) is 0 Å². The molecule has 160 valence electrons. The highest BCUT2D eigenvalue weighted by Crippen LogP contribution is 2.18. The number of benzene rings is 3. The number of amides is 2. The van der Waals surface area contributed by atoms with Crippen LogP contribution in [0.2, 0.25) is 5.02 Å². The fourth-order valence-electron chi connectivity index (χ4n) is 3.11. The molecule has 4 rings (SSSR count). The lowest BCUT2D eigenvalue weighted by Gasteiger charge is -2.12. The van der Waals surface area contributed by atoms with Gasteiger partial charge in [-0.2, -0.15) is 0 Å². The molecule has 3 aromatic carbocycles. The van der Waals surface area contributed by atoms with Gasteiger partial charge in [0.2, 0.25) is 5.91 Å². The Hall–Kier alpha value is -4.04. The number of aromatic nitrogens is 2. The molecular formula is C23H16ClFN4O3. The van der Waals surface area contributed by atoms with E-state index >= 15 is 0 Å². The third-order valence-corrected chi connectivity index (χ3v) is 4.88. The van der Waals surface area contributed by atoms with Crippen molar-refractivity contribution in [1.29, 1.82) is 0 Å². The van der Waals surface area contributed by atoms with Crippen LogP contribution in [0.25, 0.3) is 10.9 Å². The van der Waals surface area contributed by atoms with Crippen LogP contribution in [-0.4, -0.2) is 21.4 Å². The molecule has 0 spiro atoms. The van der Waals surface area contributed by atoms with E-state index in [1.165, 1.54) is 35.2 Å². The van der Waals surface area contributed by atoms with Gasteiger partial charge in [0.05, 0.1) is 28.5 Å². The Morgan fingerprint density at radius 3 is 2.53 bits per heavy atom. The van der Waals surface area contributed by atoms with Crippen LogP contribution in [0, 0.1) is 5.82 Å². The smallest absolute Gasteiger partial charge is 0.261 e. The molecule has 7 nitrogen and oxygen atoms in total. The second-order valence-electron chi connectivity index (χ2n) is 6.89. The van der Waals surface area contributed by atoms with Crippen LogP contribution in [-0.2, 0) is 11.3 Å². The molecule has 4 aromatic rings. The first kappa shape index (κ1) is 21.2. The SMILES string of the molecule is O=C(Cn1cnc2cc(Cl)ccc2c1=O)Nc1ccccc1C(=O)Nc1ccc(F)cc1. The van der Waals surface area contributed by atoms with Crippen LogP contribution in [0.4, 0.5) is 15.8 Å². The van der Waals surface area contributed by atoms with Crippen molar-refractivity contribution in [3.8, 4) is 0 Å². The van der Waals surface area contributed by atoms with Gasteiger partial charge in [0.1, 0.15) is 12.4 Å². The normalized spacial score (nSPS) is 10.7. The summed E-state index contributed by atoms with van der Waals surface area (Å²) in [7, 11) is 0. The predicted molar refractivity (Wildman–Crippen MR) is 120 cm³/mol. The van der Waals surface area contributed by atoms with Gasteiger partial charge in [-0.3, -0.25) is 19.0 Å². The van der Waals surface area contributed by atoms with E-state index in [0.717, 1.165) is 0 Å². The quantitative estimate of drug-likeness (QED) is 0.479. The Labute approximate surface area is 186 Å². The molecule has 0 bridgehead atoms. The van der Waals surface area contributed by atoms with E-state index < -0.39 is 17.6 Å². The zero-order valence-electron chi connectivity index (χ0n) is 16.5. The molecule has 2 N–H and O–H groups in total. The Kier molecular flexibility index (Phi) is 5.96. The van der Waals surface area contributed by atoms with Gasteiger partial charge in [-0.15, -0.1) is 0 Å². The molecule has 32 heavy (non-hydrogen) atoms. The summed E-state index contributed by atoms with van der Waals surface area (Å²) in [5, 5.41) is 6.09. The van der Waals surface area contributed by atoms with E-state index in [0.29, 0.717) is 21.6 Å². The summed E-state index contributed by atoms with van der Waals surface area (Å²) in [6, 6.07) is 16.4. The third kappa shape index (κ3) is 4.65. The van der Waals surface area contributed by atoms with Crippen LogP contribution in [0.1, 0.15) is 10.4 Å². The molecule has 0 unspecified atom stereocenters. The van der Waals surface area contributed by atoms with Gasteiger partial charge in [0, 0.05) is 10.7 Å². The van der Waals surface area contributed by atoms with Crippen molar-refractivity contribution in [3.63, 3.8) is 0 Å². The number of hydrogen-bond acceptors (Lipinski definition) is 4. The number of para-hydroxylation sites is 1.